The third kappa shape index (κ3) is 9.39. The summed E-state index contributed by atoms with van der Waals surface area (Å²) in [5.41, 5.74) is 7.17. The molecule has 0 aliphatic carbocycles. The fourth-order valence-corrected chi connectivity index (χ4v) is 4.38. The van der Waals surface area contributed by atoms with E-state index >= 15 is 0 Å². The number of unbranched alkanes of at least 4 members (excludes halogenated alkanes) is 1. The van der Waals surface area contributed by atoms with Crippen LogP contribution in [0.1, 0.15) is 47.0 Å². The predicted molar refractivity (Wildman–Crippen MR) is 132 cm³/mol. The van der Waals surface area contributed by atoms with Crippen molar-refractivity contribution >= 4 is 17.7 Å². The molecule has 0 saturated heterocycles. The lowest BCUT2D eigenvalue weighted by atomic mass is 9.89. The summed E-state index contributed by atoms with van der Waals surface area (Å²) in [4.78, 5) is 14.6. The lowest BCUT2D eigenvalue weighted by Gasteiger charge is -2.29. The number of allylic oxidation sites excluding steroid dienone is 1. The Morgan fingerprint density at radius 3 is 2.65 bits per heavy atom. The van der Waals surface area contributed by atoms with Crippen LogP contribution in [-0.4, -0.2) is 61.7 Å². The second kappa shape index (κ2) is 14.7. The summed E-state index contributed by atoms with van der Waals surface area (Å²) >= 11 is 1.72. The molecule has 7 heteroatoms. The monoisotopic (exact) mass is 453 g/mol. The molecule has 6 nitrogen and oxygen atoms in total. The molecule has 0 bridgehead atoms. The first kappa shape index (κ1) is 27.8. The Morgan fingerprint density at radius 2 is 2.10 bits per heavy atom. The quantitative estimate of drug-likeness (QED) is 0.289. The molecule has 178 valence electrons. The Morgan fingerprint density at radius 1 is 1.39 bits per heavy atom. The van der Waals surface area contributed by atoms with E-state index in [1.165, 1.54) is 0 Å². The molecule has 31 heavy (non-hydrogen) atoms. The van der Waals surface area contributed by atoms with Crippen LogP contribution in [0.3, 0.4) is 0 Å². The van der Waals surface area contributed by atoms with E-state index in [1.54, 1.807) is 18.9 Å². The average molecular weight is 454 g/mol. The lowest BCUT2D eigenvalue weighted by Crippen LogP contribution is -2.39. The molecule has 3 N–H and O–H groups in total. The van der Waals surface area contributed by atoms with Crippen molar-refractivity contribution in [1.29, 1.82) is 0 Å². The molecule has 0 spiro atoms. The van der Waals surface area contributed by atoms with E-state index in [1.807, 2.05) is 56.5 Å². The van der Waals surface area contributed by atoms with Gasteiger partial charge in [0.05, 0.1) is 12.2 Å². The van der Waals surface area contributed by atoms with Crippen molar-refractivity contribution in [2.75, 3.05) is 27.3 Å². The van der Waals surface area contributed by atoms with E-state index in [0.29, 0.717) is 13.2 Å². The summed E-state index contributed by atoms with van der Waals surface area (Å²) in [5, 5.41) is 5.55. The largest absolute Gasteiger partial charge is 0.377 e. The summed E-state index contributed by atoms with van der Waals surface area (Å²) < 4.78 is 11.7. The highest BCUT2D eigenvalue weighted by atomic mass is 32.2. The van der Waals surface area contributed by atoms with Gasteiger partial charge in [-0.1, -0.05) is 38.2 Å². The maximum absolute atomic E-state index is 12.8. The van der Waals surface area contributed by atoms with Crippen molar-refractivity contribution < 1.29 is 14.3 Å². The van der Waals surface area contributed by atoms with E-state index in [9.17, 15) is 4.79 Å². The number of hydrogen-bond acceptors (Lipinski definition) is 6. The van der Waals surface area contributed by atoms with Crippen LogP contribution in [-0.2, 0) is 14.3 Å². The highest BCUT2D eigenvalue weighted by Crippen LogP contribution is 2.25. The summed E-state index contributed by atoms with van der Waals surface area (Å²) in [6, 6.07) is -0.0706. The Hall–Kier alpha value is -1.28. The number of hydrogen-bond donors (Lipinski definition) is 2. The molecule has 0 aromatic heterocycles. The van der Waals surface area contributed by atoms with Gasteiger partial charge in [-0.3, -0.25) is 4.79 Å². The van der Waals surface area contributed by atoms with Crippen molar-refractivity contribution in [2.45, 2.75) is 70.6 Å². The van der Waals surface area contributed by atoms with E-state index in [4.69, 9.17) is 15.2 Å². The Kier molecular flexibility index (Phi) is 13.2. The normalized spacial score (nSPS) is 20.8. The number of amides is 1. The maximum Gasteiger partial charge on any atom is 0.225 e. The van der Waals surface area contributed by atoms with Gasteiger partial charge in [0, 0.05) is 45.5 Å². The van der Waals surface area contributed by atoms with E-state index in [0.717, 1.165) is 24.8 Å². The van der Waals surface area contributed by atoms with Gasteiger partial charge in [0.2, 0.25) is 5.91 Å². The standard InChI is InChI=1S/C24H43N3O3S/c1-8-11-21(29-7)18(4)19(5)24(28)27(6)13-9-10-14-30-22(16-20(25)17(2)3)23-26-12-15-31-23/h8,11-12,15,18-23,26H,2,9-10,13-14,16,25H2,1,3-7H3/b11-8-/t18?,19?,20-,21?,22-,23?/m1/s1. The van der Waals surface area contributed by atoms with E-state index in [-0.39, 0.29) is 41.4 Å². The fourth-order valence-electron chi connectivity index (χ4n) is 3.53. The molecule has 0 aromatic rings. The first-order chi connectivity index (χ1) is 14.7. The molecule has 0 saturated carbocycles. The molecule has 1 amide bonds. The van der Waals surface area contributed by atoms with Gasteiger partial charge in [-0.2, -0.15) is 0 Å². The van der Waals surface area contributed by atoms with Gasteiger partial charge in [-0.05, 0) is 44.4 Å². The van der Waals surface area contributed by atoms with Gasteiger partial charge in [-0.15, -0.1) is 11.8 Å². The number of nitrogens with one attached hydrogen (secondary N) is 1. The zero-order valence-corrected chi connectivity index (χ0v) is 21.0. The van der Waals surface area contributed by atoms with Crippen LogP contribution in [0.2, 0.25) is 0 Å². The Balaban J connectivity index is 2.42. The average Bonchev–Trinajstić information content (AvgIpc) is 3.29. The first-order valence-corrected chi connectivity index (χ1v) is 12.2. The van der Waals surface area contributed by atoms with Crippen LogP contribution < -0.4 is 11.1 Å². The van der Waals surface area contributed by atoms with Gasteiger partial charge in [0.25, 0.3) is 0 Å². The molecule has 1 rings (SSSR count). The molecule has 0 fully saturated rings. The van der Waals surface area contributed by atoms with Crippen molar-refractivity contribution in [1.82, 2.24) is 10.2 Å². The summed E-state index contributed by atoms with van der Waals surface area (Å²) in [5.74, 6) is 0.166. The summed E-state index contributed by atoms with van der Waals surface area (Å²) in [6.45, 7) is 13.3. The number of carbonyl (C=O) groups excluding carboxylic acids is 1. The Labute approximate surface area is 193 Å². The number of carbonyl (C=O) groups is 1. The lowest BCUT2D eigenvalue weighted by molar-refractivity contribution is -0.136. The van der Waals surface area contributed by atoms with Crippen molar-refractivity contribution in [3.63, 3.8) is 0 Å². The predicted octanol–water partition coefficient (Wildman–Crippen LogP) is 3.90. The van der Waals surface area contributed by atoms with Gasteiger partial charge in [0.15, 0.2) is 0 Å². The third-order valence-corrected chi connectivity index (χ3v) is 6.98. The van der Waals surface area contributed by atoms with Crippen LogP contribution in [0.5, 0.6) is 0 Å². The summed E-state index contributed by atoms with van der Waals surface area (Å²) in [7, 11) is 3.57. The number of rotatable bonds is 15. The van der Waals surface area contributed by atoms with E-state index in [2.05, 4.69) is 18.8 Å². The highest BCUT2D eigenvalue weighted by Gasteiger charge is 2.28. The maximum atomic E-state index is 12.8. The summed E-state index contributed by atoms with van der Waals surface area (Å²) in [6.07, 6.45) is 8.42. The molecule has 1 heterocycles. The van der Waals surface area contributed by atoms with E-state index < -0.39 is 0 Å². The minimum absolute atomic E-state index is 0.0181. The SMILES string of the molecule is C=C(C)[C@H](N)C[C@@H](OCCCCN(C)C(=O)C(C)C(C)C(/C=C\C)OC)C1NC=CS1. The molecule has 0 aromatic carbocycles. The minimum Gasteiger partial charge on any atom is -0.377 e. The zero-order chi connectivity index (χ0) is 23.4. The number of methoxy groups -OCH3 is 1. The molecular weight excluding hydrogens is 410 g/mol. The number of nitrogens with two attached hydrogens (primary N) is 1. The van der Waals surface area contributed by atoms with Crippen LogP contribution in [0.4, 0.5) is 0 Å². The van der Waals surface area contributed by atoms with Crippen LogP contribution in [0.25, 0.3) is 0 Å². The molecule has 0 radical (unpaired) electrons. The fraction of sp³-hybridized carbons (Fsp3) is 0.708. The molecule has 6 atom stereocenters. The first-order valence-electron chi connectivity index (χ1n) is 11.2. The topological polar surface area (TPSA) is 76.8 Å². The van der Waals surface area contributed by atoms with Crippen molar-refractivity contribution in [3.8, 4) is 0 Å². The molecule has 4 unspecified atom stereocenters. The number of thioether (sulfide) groups is 1. The van der Waals surface area contributed by atoms with Gasteiger partial charge >= 0.3 is 0 Å². The third-order valence-electron chi connectivity index (χ3n) is 5.96. The smallest absolute Gasteiger partial charge is 0.225 e. The van der Waals surface area contributed by atoms with Crippen molar-refractivity contribution in [2.24, 2.45) is 17.6 Å². The second-order valence-electron chi connectivity index (χ2n) is 8.46. The minimum atomic E-state index is -0.103. The van der Waals surface area contributed by atoms with Crippen LogP contribution in [0.15, 0.2) is 35.9 Å². The Bertz CT molecular complexity index is 603. The van der Waals surface area contributed by atoms with Crippen LogP contribution in [0, 0.1) is 11.8 Å². The van der Waals surface area contributed by atoms with Gasteiger partial charge in [-0.25, -0.2) is 0 Å². The van der Waals surface area contributed by atoms with Gasteiger partial charge in [0.1, 0.15) is 5.37 Å². The van der Waals surface area contributed by atoms with Crippen LogP contribution >= 0.6 is 11.8 Å². The molecular formula is C24H43N3O3S. The highest BCUT2D eigenvalue weighted by molar-refractivity contribution is 8.02. The molecule has 1 aliphatic rings. The van der Waals surface area contributed by atoms with Crippen molar-refractivity contribution in [3.05, 3.63) is 35.9 Å². The molecule has 1 aliphatic heterocycles. The second-order valence-corrected chi connectivity index (χ2v) is 9.52. The number of ether oxygens (including phenoxy) is 2. The number of nitrogens with zero attached hydrogens (tertiary/aromatic N) is 1. The zero-order valence-electron chi connectivity index (χ0n) is 20.2. The van der Waals surface area contributed by atoms with Gasteiger partial charge < -0.3 is 25.4 Å².